The van der Waals surface area contributed by atoms with Gasteiger partial charge < -0.3 is 9.97 Å². The molecule has 4 heteroatoms. The van der Waals surface area contributed by atoms with E-state index in [2.05, 4.69) is 69.8 Å². The highest BCUT2D eigenvalue weighted by atomic mass is 15.3. The smallest absolute Gasteiger partial charge is 0.104 e. The Hall–Kier alpha value is -3.66. The number of aromatic amines is 3. The summed E-state index contributed by atoms with van der Waals surface area (Å²) in [6, 6.07) is 28.9. The zero-order chi connectivity index (χ0) is 17.3. The summed E-state index contributed by atoms with van der Waals surface area (Å²) in [5.41, 5.74) is 7.44. The first kappa shape index (κ1) is 14.7. The highest BCUT2D eigenvalue weighted by molar-refractivity contribution is 5.84. The summed E-state index contributed by atoms with van der Waals surface area (Å²) in [6.45, 7) is 0. The van der Waals surface area contributed by atoms with Crippen molar-refractivity contribution in [1.29, 1.82) is 0 Å². The summed E-state index contributed by atoms with van der Waals surface area (Å²) < 4.78 is 2.04. The molecule has 0 bridgehead atoms. The Labute approximate surface area is 150 Å². The molecule has 0 aliphatic carbocycles. The van der Waals surface area contributed by atoms with Crippen LogP contribution in [0.15, 0.2) is 91.1 Å². The van der Waals surface area contributed by atoms with Gasteiger partial charge in [-0.2, -0.15) is 0 Å². The van der Waals surface area contributed by atoms with E-state index in [1.807, 2.05) is 41.1 Å². The van der Waals surface area contributed by atoms with Crippen molar-refractivity contribution in [3.05, 3.63) is 91.1 Å². The fourth-order valence-electron chi connectivity index (χ4n) is 3.28. The van der Waals surface area contributed by atoms with Crippen LogP contribution in [0.2, 0.25) is 0 Å². The lowest BCUT2D eigenvalue weighted by atomic mass is 10.1. The average Bonchev–Trinajstić information content (AvgIpc) is 3.05. The molecular formula is C22H18N4. The van der Waals surface area contributed by atoms with Gasteiger partial charge in [0.15, 0.2) is 0 Å². The Kier molecular flexibility index (Phi) is 3.39. The average molecular weight is 338 g/mol. The predicted molar refractivity (Wildman–Crippen MR) is 106 cm³/mol. The van der Waals surface area contributed by atoms with Crippen LogP contribution in [0.5, 0.6) is 0 Å². The van der Waals surface area contributed by atoms with Gasteiger partial charge >= 0.3 is 0 Å². The minimum atomic E-state index is 1.02. The van der Waals surface area contributed by atoms with Crippen LogP contribution >= 0.6 is 0 Å². The van der Waals surface area contributed by atoms with Crippen LogP contribution in [0, 0.1) is 0 Å². The Balaban J connectivity index is 1.85. The molecule has 4 nitrogen and oxygen atoms in total. The van der Waals surface area contributed by atoms with Crippen LogP contribution in [0.3, 0.4) is 0 Å². The van der Waals surface area contributed by atoms with Gasteiger partial charge in [-0.3, -0.25) is 9.78 Å². The number of nitrogens with one attached hydrogen (secondary N) is 3. The summed E-state index contributed by atoms with van der Waals surface area (Å²) in [5, 5.41) is 3.53. The van der Waals surface area contributed by atoms with E-state index in [9.17, 15) is 0 Å². The van der Waals surface area contributed by atoms with E-state index in [4.69, 9.17) is 0 Å². The van der Waals surface area contributed by atoms with Crippen molar-refractivity contribution in [3.8, 4) is 28.3 Å². The maximum Gasteiger partial charge on any atom is 0.104 e. The van der Waals surface area contributed by atoms with Crippen LogP contribution in [0.4, 0.5) is 0 Å². The summed E-state index contributed by atoms with van der Waals surface area (Å²) in [6.07, 6.45) is 2.09. The summed E-state index contributed by atoms with van der Waals surface area (Å²) in [5.74, 6) is 0. The molecule has 126 valence electrons. The van der Waals surface area contributed by atoms with Crippen LogP contribution in [-0.2, 0) is 0 Å². The minimum absolute atomic E-state index is 1.02. The van der Waals surface area contributed by atoms with E-state index in [0.717, 1.165) is 39.4 Å². The molecule has 0 fully saturated rings. The summed E-state index contributed by atoms with van der Waals surface area (Å²) in [4.78, 5) is 7.16. The van der Waals surface area contributed by atoms with Gasteiger partial charge in [-0.05, 0) is 24.3 Å². The molecule has 3 N–H and O–H groups in total. The number of benzene rings is 3. The van der Waals surface area contributed by atoms with E-state index in [0.29, 0.717) is 0 Å². The van der Waals surface area contributed by atoms with Gasteiger partial charge in [0.25, 0.3) is 0 Å². The molecule has 0 saturated heterocycles. The van der Waals surface area contributed by atoms with E-state index >= 15 is 0 Å². The van der Waals surface area contributed by atoms with Crippen molar-refractivity contribution in [3.63, 3.8) is 0 Å². The number of nitrogens with zero attached hydrogens (tertiary/aromatic N) is 1. The molecule has 26 heavy (non-hydrogen) atoms. The summed E-state index contributed by atoms with van der Waals surface area (Å²) >= 11 is 0. The third-order valence-electron chi connectivity index (χ3n) is 4.56. The number of hydrogen-bond acceptors (Lipinski definition) is 0. The lowest BCUT2D eigenvalue weighted by Crippen LogP contribution is -1.94. The topological polar surface area (TPSA) is 52.3 Å². The Morgan fingerprint density at radius 1 is 0.577 bits per heavy atom. The van der Waals surface area contributed by atoms with Gasteiger partial charge in [-0.15, -0.1) is 0 Å². The van der Waals surface area contributed by atoms with Crippen LogP contribution < -0.4 is 0 Å². The molecule has 0 radical (unpaired) electrons. The van der Waals surface area contributed by atoms with Crippen molar-refractivity contribution in [1.82, 2.24) is 19.7 Å². The highest BCUT2D eigenvalue weighted by Crippen LogP contribution is 2.31. The van der Waals surface area contributed by atoms with E-state index < -0.39 is 0 Å². The van der Waals surface area contributed by atoms with Gasteiger partial charge in [0.05, 0.1) is 34.3 Å². The van der Waals surface area contributed by atoms with Crippen molar-refractivity contribution in [2.24, 2.45) is 0 Å². The third kappa shape index (κ3) is 2.48. The number of fused-ring (bicyclic) bond motifs is 2. The largest absolute Gasteiger partial charge is 0.352 e. The molecule has 0 aromatic heterocycles. The van der Waals surface area contributed by atoms with Gasteiger partial charge in [0, 0.05) is 5.56 Å². The number of para-hydroxylation sites is 3. The van der Waals surface area contributed by atoms with Crippen LogP contribution in [-0.4, -0.2) is 19.7 Å². The van der Waals surface area contributed by atoms with Gasteiger partial charge in [0.1, 0.15) is 5.69 Å². The lowest BCUT2D eigenvalue weighted by Gasteiger charge is -2.04. The fourth-order valence-corrected chi connectivity index (χ4v) is 3.28. The zero-order valence-corrected chi connectivity index (χ0v) is 14.1. The molecule has 3 aromatic rings. The van der Waals surface area contributed by atoms with Crippen molar-refractivity contribution in [2.45, 2.75) is 0 Å². The van der Waals surface area contributed by atoms with Gasteiger partial charge in [-0.25, -0.2) is 0 Å². The molecule has 0 atom stereocenters. The van der Waals surface area contributed by atoms with Crippen LogP contribution in [0.25, 0.3) is 39.4 Å². The van der Waals surface area contributed by atoms with Crippen molar-refractivity contribution < 1.29 is 0 Å². The molecule has 0 spiro atoms. The molecule has 2 aliphatic rings. The molecule has 0 amide bonds. The molecular weight excluding hydrogens is 320 g/mol. The van der Waals surface area contributed by atoms with Crippen molar-refractivity contribution >= 4 is 11.0 Å². The molecule has 3 aromatic carbocycles. The third-order valence-corrected chi connectivity index (χ3v) is 4.56. The molecule has 2 aliphatic heterocycles. The normalized spacial score (nSPS) is 11.1. The van der Waals surface area contributed by atoms with Crippen LogP contribution in [0.1, 0.15) is 0 Å². The maximum atomic E-state index is 3.61. The van der Waals surface area contributed by atoms with E-state index in [1.165, 1.54) is 0 Å². The number of hydrogen-bond donors (Lipinski definition) is 3. The van der Waals surface area contributed by atoms with E-state index in [-0.39, 0.29) is 0 Å². The SMILES string of the molecule is c1ccc(-c2[nH]c3ccccc3[nH]c3cn(-c4ccccc4)[nH]c2-3)cc1. The van der Waals surface area contributed by atoms with Gasteiger partial charge in [0.2, 0.25) is 0 Å². The minimum Gasteiger partial charge on any atom is -0.352 e. The van der Waals surface area contributed by atoms with Crippen molar-refractivity contribution in [2.75, 3.05) is 0 Å². The first-order valence-corrected chi connectivity index (χ1v) is 8.64. The van der Waals surface area contributed by atoms with Gasteiger partial charge in [-0.1, -0.05) is 60.7 Å². The Morgan fingerprint density at radius 2 is 1.19 bits per heavy atom. The first-order chi connectivity index (χ1) is 12.9. The first-order valence-electron chi connectivity index (χ1n) is 8.64. The zero-order valence-electron chi connectivity index (χ0n) is 14.1. The number of aromatic nitrogens is 4. The molecule has 2 heterocycles. The summed E-state index contributed by atoms with van der Waals surface area (Å²) in [7, 11) is 0. The Bertz CT molecular complexity index is 1170. The standard InChI is InChI=1S/C22H18N4/c1-3-9-16(10-4-1)21-22-20(23-18-13-7-8-14-19(18)24-21)15-26(25-22)17-11-5-2-6-12-17/h1-15,23-25H. The second-order valence-corrected chi connectivity index (χ2v) is 6.27. The monoisotopic (exact) mass is 338 g/mol. The lowest BCUT2D eigenvalue weighted by molar-refractivity contribution is 0.887. The van der Waals surface area contributed by atoms with E-state index in [1.54, 1.807) is 0 Å². The molecule has 0 unspecified atom stereocenters. The predicted octanol–water partition coefficient (Wildman–Crippen LogP) is 5.51. The Morgan fingerprint density at radius 3 is 1.92 bits per heavy atom. The fraction of sp³-hybridized carbons (Fsp3) is 0. The highest BCUT2D eigenvalue weighted by Gasteiger charge is 2.14. The molecule has 0 saturated carbocycles. The second kappa shape index (κ2) is 6.01. The maximum absolute atomic E-state index is 3.61. The number of H-pyrrole nitrogens is 3. The molecule has 5 rings (SSSR count). The quantitative estimate of drug-likeness (QED) is 0.380. The number of rotatable bonds is 2. The second-order valence-electron chi connectivity index (χ2n) is 6.27.